The molecule has 0 bridgehead atoms. The summed E-state index contributed by atoms with van der Waals surface area (Å²) in [7, 11) is 0. The highest BCUT2D eigenvalue weighted by atomic mass is 16.5. The number of allylic oxidation sites excluding steroid dienone is 1. The Kier molecular flexibility index (Phi) is 14.8. The van der Waals surface area contributed by atoms with E-state index in [1.807, 2.05) is 13.8 Å². The van der Waals surface area contributed by atoms with Crippen molar-refractivity contribution in [1.82, 2.24) is 0 Å². The van der Waals surface area contributed by atoms with Crippen molar-refractivity contribution in [2.24, 2.45) is 0 Å². The largest absolute Gasteiger partial charge is 0.394 e. The number of ether oxygens (including phenoxy) is 1. The first-order chi connectivity index (χ1) is 5.15. The lowest BCUT2D eigenvalue weighted by Gasteiger charge is -1.94. The Labute approximate surface area is 68.3 Å². The summed E-state index contributed by atoms with van der Waals surface area (Å²) >= 11 is 0. The van der Waals surface area contributed by atoms with Crippen LogP contribution in [0, 0.1) is 0 Å². The predicted octanol–water partition coefficient (Wildman–Crippen LogP) is 0.570. The van der Waals surface area contributed by atoms with Crippen LogP contribution in [0.15, 0.2) is 12.2 Å². The number of hydrogen-bond donors (Lipinski definition) is 2. The molecule has 0 aliphatic rings. The normalized spacial score (nSPS) is 8.36. The van der Waals surface area contributed by atoms with Crippen molar-refractivity contribution in [3.05, 3.63) is 12.2 Å². The van der Waals surface area contributed by atoms with E-state index in [0.29, 0.717) is 13.2 Å². The van der Waals surface area contributed by atoms with Crippen molar-refractivity contribution in [2.45, 2.75) is 13.8 Å². The topological polar surface area (TPSA) is 49.7 Å². The molecule has 0 heterocycles. The summed E-state index contributed by atoms with van der Waals surface area (Å²) in [6, 6.07) is 0. The van der Waals surface area contributed by atoms with Crippen LogP contribution in [0.25, 0.3) is 0 Å². The highest BCUT2D eigenvalue weighted by Crippen LogP contribution is 1.73. The van der Waals surface area contributed by atoms with E-state index < -0.39 is 0 Å². The van der Waals surface area contributed by atoms with Gasteiger partial charge in [0.15, 0.2) is 0 Å². The van der Waals surface area contributed by atoms with Crippen LogP contribution >= 0.6 is 0 Å². The third-order valence-corrected chi connectivity index (χ3v) is 0.471. The maximum atomic E-state index is 8.09. The SMILES string of the molecule is C=C(C)C.OCCOCCO. The van der Waals surface area contributed by atoms with Crippen LogP contribution in [-0.4, -0.2) is 36.6 Å². The summed E-state index contributed by atoms with van der Waals surface area (Å²) < 4.78 is 4.63. The Morgan fingerprint density at radius 2 is 1.45 bits per heavy atom. The molecule has 0 aromatic carbocycles. The molecule has 0 radical (unpaired) electrons. The number of aliphatic hydroxyl groups excluding tert-OH is 2. The van der Waals surface area contributed by atoms with Gasteiger partial charge >= 0.3 is 0 Å². The molecule has 0 fully saturated rings. The van der Waals surface area contributed by atoms with E-state index in [-0.39, 0.29) is 13.2 Å². The van der Waals surface area contributed by atoms with Crippen LogP contribution in [0.5, 0.6) is 0 Å². The zero-order chi connectivity index (χ0) is 9.11. The lowest BCUT2D eigenvalue weighted by molar-refractivity contribution is 0.0650. The molecule has 0 aliphatic carbocycles. The number of hydrogen-bond acceptors (Lipinski definition) is 3. The Hall–Kier alpha value is -0.380. The fraction of sp³-hybridized carbons (Fsp3) is 0.750. The van der Waals surface area contributed by atoms with E-state index in [4.69, 9.17) is 10.2 Å². The van der Waals surface area contributed by atoms with Gasteiger partial charge in [0.2, 0.25) is 0 Å². The molecule has 0 aliphatic heterocycles. The molecule has 0 atom stereocenters. The van der Waals surface area contributed by atoms with Gasteiger partial charge in [-0.15, -0.1) is 6.58 Å². The van der Waals surface area contributed by atoms with Gasteiger partial charge in [-0.05, 0) is 13.8 Å². The third-order valence-electron chi connectivity index (χ3n) is 0.471. The summed E-state index contributed by atoms with van der Waals surface area (Å²) in [6.45, 7) is 8.20. The summed E-state index contributed by atoms with van der Waals surface area (Å²) in [5.41, 5.74) is 1.17. The second-order valence-electron chi connectivity index (χ2n) is 2.27. The zero-order valence-corrected chi connectivity index (χ0v) is 7.34. The molecule has 3 heteroatoms. The lowest BCUT2D eigenvalue weighted by Crippen LogP contribution is -2.03. The average Bonchev–Trinajstić information content (AvgIpc) is 1.88. The van der Waals surface area contributed by atoms with Gasteiger partial charge in [-0.2, -0.15) is 0 Å². The van der Waals surface area contributed by atoms with Crippen LogP contribution in [0.4, 0.5) is 0 Å². The summed E-state index contributed by atoms with van der Waals surface area (Å²) in [5.74, 6) is 0. The monoisotopic (exact) mass is 162 g/mol. The minimum atomic E-state index is 0.0278. The van der Waals surface area contributed by atoms with E-state index in [2.05, 4.69) is 11.3 Å². The minimum Gasteiger partial charge on any atom is -0.394 e. The first-order valence-corrected chi connectivity index (χ1v) is 3.56. The van der Waals surface area contributed by atoms with Crippen molar-refractivity contribution in [1.29, 1.82) is 0 Å². The molecular weight excluding hydrogens is 144 g/mol. The molecule has 0 amide bonds. The lowest BCUT2D eigenvalue weighted by atomic mass is 10.4. The maximum Gasteiger partial charge on any atom is 0.0698 e. The van der Waals surface area contributed by atoms with Gasteiger partial charge in [0.25, 0.3) is 0 Å². The molecule has 0 rings (SSSR count). The standard InChI is InChI=1S/C4H10O3.C4H8/c5-1-3-7-4-2-6;1-4(2)3/h5-6H,1-4H2;1H2,2-3H3. The Morgan fingerprint density at radius 3 is 1.64 bits per heavy atom. The van der Waals surface area contributed by atoms with Crippen LogP contribution in [-0.2, 0) is 4.74 Å². The Bertz CT molecular complexity index is 73.4. The molecule has 2 N–H and O–H groups in total. The first-order valence-electron chi connectivity index (χ1n) is 3.56. The van der Waals surface area contributed by atoms with Gasteiger partial charge < -0.3 is 14.9 Å². The third kappa shape index (κ3) is 42.6. The van der Waals surface area contributed by atoms with Crippen LogP contribution in [0.2, 0.25) is 0 Å². The fourth-order valence-corrected chi connectivity index (χ4v) is 0.231. The summed E-state index contributed by atoms with van der Waals surface area (Å²) in [5, 5.41) is 16.2. The molecule has 0 aromatic rings. The summed E-state index contributed by atoms with van der Waals surface area (Å²) in [6.07, 6.45) is 0. The van der Waals surface area contributed by atoms with E-state index in [1.165, 1.54) is 5.57 Å². The second kappa shape index (κ2) is 12.3. The molecule has 0 saturated heterocycles. The number of aliphatic hydroxyl groups is 2. The van der Waals surface area contributed by atoms with Crippen molar-refractivity contribution < 1.29 is 14.9 Å². The van der Waals surface area contributed by atoms with E-state index >= 15 is 0 Å². The van der Waals surface area contributed by atoms with Gasteiger partial charge in [0.05, 0.1) is 26.4 Å². The first kappa shape index (κ1) is 13.2. The van der Waals surface area contributed by atoms with Crippen molar-refractivity contribution in [3.8, 4) is 0 Å². The van der Waals surface area contributed by atoms with Crippen molar-refractivity contribution >= 4 is 0 Å². The predicted molar refractivity (Wildman–Crippen MR) is 45.5 cm³/mol. The van der Waals surface area contributed by atoms with Gasteiger partial charge in [-0.1, -0.05) is 5.57 Å². The number of rotatable bonds is 4. The molecule has 68 valence electrons. The van der Waals surface area contributed by atoms with Gasteiger partial charge in [0, 0.05) is 0 Å². The van der Waals surface area contributed by atoms with Crippen LogP contribution in [0.3, 0.4) is 0 Å². The highest BCUT2D eigenvalue weighted by Gasteiger charge is 1.79. The summed E-state index contributed by atoms with van der Waals surface area (Å²) in [4.78, 5) is 0. The van der Waals surface area contributed by atoms with E-state index in [0.717, 1.165) is 0 Å². The van der Waals surface area contributed by atoms with Crippen LogP contribution < -0.4 is 0 Å². The van der Waals surface area contributed by atoms with Crippen molar-refractivity contribution in [3.63, 3.8) is 0 Å². The smallest absolute Gasteiger partial charge is 0.0698 e. The molecule has 0 saturated carbocycles. The van der Waals surface area contributed by atoms with Gasteiger partial charge in [-0.25, -0.2) is 0 Å². The molecule has 11 heavy (non-hydrogen) atoms. The van der Waals surface area contributed by atoms with Gasteiger partial charge in [0.1, 0.15) is 0 Å². The zero-order valence-electron chi connectivity index (χ0n) is 7.34. The van der Waals surface area contributed by atoms with E-state index in [9.17, 15) is 0 Å². The molecule has 0 unspecified atom stereocenters. The van der Waals surface area contributed by atoms with Crippen LogP contribution in [0.1, 0.15) is 13.8 Å². The Balaban J connectivity index is 0. The Morgan fingerprint density at radius 1 is 1.18 bits per heavy atom. The highest BCUT2D eigenvalue weighted by molar-refractivity contribution is 4.78. The molecule has 0 spiro atoms. The average molecular weight is 162 g/mol. The fourth-order valence-electron chi connectivity index (χ4n) is 0.231. The van der Waals surface area contributed by atoms with Gasteiger partial charge in [-0.3, -0.25) is 0 Å². The quantitative estimate of drug-likeness (QED) is 0.469. The minimum absolute atomic E-state index is 0.0278. The second-order valence-corrected chi connectivity index (χ2v) is 2.27. The molecule has 0 aromatic heterocycles. The molecular formula is C8H18O3. The van der Waals surface area contributed by atoms with E-state index in [1.54, 1.807) is 0 Å². The van der Waals surface area contributed by atoms with Crippen molar-refractivity contribution in [2.75, 3.05) is 26.4 Å². The molecule has 3 nitrogen and oxygen atoms in total. The maximum absolute atomic E-state index is 8.09.